The average molecular weight is 482 g/mol. The van der Waals surface area contributed by atoms with Gasteiger partial charge in [0.25, 0.3) is 5.91 Å². The van der Waals surface area contributed by atoms with Gasteiger partial charge in [0.2, 0.25) is 0 Å². The summed E-state index contributed by atoms with van der Waals surface area (Å²) in [7, 11) is 0. The Labute approximate surface area is 204 Å². The molecular weight excluding hydrogens is 450 g/mol. The number of esters is 1. The fraction of sp³-hybridized carbons (Fsp3) is 0.407. The third-order valence-corrected chi connectivity index (χ3v) is 6.98. The van der Waals surface area contributed by atoms with Crippen molar-refractivity contribution in [3.05, 3.63) is 69.5 Å². The number of aryl methyl sites for hydroxylation is 2. The number of fused-ring (bicyclic) bond motifs is 1. The van der Waals surface area contributed by atoms with Crippen LogP contribution in [-0.2, 0) is 30.6 Å². The third kappa shape index (κ3) is 5.70. The van der Waals surface area contributed by atoms with Crippen LogP contribution in [0.25, 0.3) is 0 Å². The Bertz CT molecular complexity index is 1130. The SMILES string of the molecule is CCCOC(=O)c1c(NC(=O)c2ccc(COc3ccc(CCC)cc3)o2)sc2c1CCCC2. The molecule has 0 bridgehead atoms. The van der Waals surface area contributed by atoms with E-state index >= 15 is 0 Å². The van der Waals surface area contributed by atoms with Gasteiger partial charge in [0.05, 0.1) is 12.2 Å². The van der Waals surface area contributed by atoms with Crippen molar-refractivity contribution in [2.45, 2.75) is 65.4 Å². The lowest BCUT2D eigenvalue weighted by molar-refractivity contribution is 0.0505. The van der Waals surface area contributed by atoms with Gasteiger partial charge >= 0.3 is 5.97 Å². The van der Waals surface area contributed by atoms with Crippen molar-refractivity contribution in [3.8, 4) is 5.75 Å². The number of benzene rings is 1. The molecule has 0 aliphatic heterocycles. The summed E-state index contributed by atoms with van der Waals surface area (Å²) >= 11 is 1.47. The molecule has 6 nitrogen and oxygen atoms in total. The minimum atomic E-state index is -0.390. The molecule has 2 heterocycles. The number of anilines is 1. The molecule has 2 aromatic heterocycles. The Morgan fingerprint density at radius 3 is 2.59 bits per heavy atom. The van der Waals surface area contributed by atoms with Gasteiger partial charge in [-0.05, 0) is 73.9 Å². The molecule has 0 spiro atoms. The van der Waals surface area contributed by atoms with Gasteiger partial charge in [0.1, 0.15) is 23.1 Å². The summed E-state index contributed by atoms with van der Waals surface area (Å²) in [6.07, 6.45) is 6.78. The Kier molecular flexibility index (Phi) is 8.06. The molecule has 7 heteroatoms. The molecule has 0 fully saturated rings. The minimum absolute atomic E-state index is 0.177. The summed E-state index contributed by atoms with van der Waals surface area (Å²) in [4.78, 5) is 26.8. The molecule has 0 atom stereocenters. The van der Waals surface area contributed by atoms with E-state index in [1.54, 1.807) is 12.1 Å². The van der Waals surface area contributed by atoms with E-state index in [9.17, 15) is 9.59 Å². The zero-order valence-corrected chi connectivity index (χ0v) is 20.6. The fourth-order valence-corrected chi connectivity index (χ4v) is 5.35. The van der Waals surface area contributed by atoms with E-state index in [1.807, 2.05) is 19.1 Å². The molecule has 1 aliphatic carbocycles. The van der Waals surface area contributed by atoms with Crippen molar-refractivity contribution in [3.63, 3.8) is 0 Å². The van der Waals surface area contributed by atoms with E-state index in [1.165, 1.54) is 16.9 Å². The van der Waals surface area contributed by atoms with E-state index < -0.39 is 5.91 Å². The molecular formula is C27H31NO5S. The minimum Gasteiger partial charge on any atom is -0.486 e. The second-order valence-electron chi connectivity index (χ2n) is 8.45. The molecule has 1 N–H and O–H groups in total. The number of rotatable bonds is 10. The van der Waals surface area contributed by atoms with Gasteiger partial charge in [-0.3, -0.25) is 4.79 Å². The van der Waals surface area contributed by atoms with Crippen molar-refractivity contribution in [1.29, 1.82) is 0 Å². The van der Waals surface area contributed by atoms with E-state index in [2.05, 4.69) is 24.4 Å². The highest BCUT2D eigenvalue weighted by Gasteiger charge is 2.28. The lowest BCUT2D eigenvalue weighted by atomic mass is 9.95. The summed E-state index contributed by atoms with van der Waals surface area (Å²) in [6.45, 7) is 4.70. The van der Waals surface area contributed by atoms with Crippen LogP contribution in [0.5, 0.6) is 5.75 Å². The van der Waals surface area contributed by atoms with Gasteiger partial charge in [-0.2, -0.15) is 0 Å². The summed E-state index contributed by atoms with van der Waals surface area (Å²) in [5.41, 5.74) is 2.80. The predicted molar refractivity (Wildman–Crippen MR) is 133 cm³/mol. The number of furan rings is 1. The number of carbonyl (C=O) groups is 2. The smallest absolute Gasteiger partial charge is 0.341 e. The summed E-state index contributed by atoms with van der Waals surface area (Å²) < 4.78 is 16.9. The average Bonchev–Trinajstić information content (AvgIpc) is 3.47. The summed E-state index contributed by atoms with van der Waals surface area (Å²) in [6, 6.07) is 11.4. The van der Waals surface area contributed by atoms with Crippen molar-refractivity contribution < 1.29 is 23.5 Å². The standard InChI is InChI=1S/C27H31NO5S/c1-3-7-18-10-12-19(13-11-18)32-17-20-14-15-22(33-20)25(29)28-26-24(27(30)31-16-4-2)21-8-5-6-9-23(21)34-26/h10-15H,3-9,16-17H2,1-2H3,(H,28,29). The van der Waals surface area contributed by atoms with Gasteiger partial charge in [0.15, 0.2) is 5.76 Å². The first-order chi connectivity index (χ1) is 16.6. The number of carbonyl (C=O) groups excluding carboxylic acids is 2. The molecule has 0 saturated carbocycles. The normalized spacial score (nSPS) is 12.8. The highest BCUT2D eigenvalue weighted by Crippen LogP contribution is 2.39. The molecule has 0 saturated heterocycles. The first-order valence-electron chi connectivity index (χ1n) is 12.0. The third-order valence-electron chi connectivity index (χ3n) is 5.77. The number of amides is 1. The highest BCUT2D eigenvalue weighted by molar-refractivity contribution is 7.17. The van der Waals surface area contributed by atoms with Crippen LogP contribution in [0, 0.1) is 0 Å². The Hall–Kier alpha value is -3.06. The maximum atomic E-state index is 12.9. The van der Waals surface area contributed by atoms with Gasteiger partial charge < -0.3 is 19.2 Å². The van der Waals surface area contributed by atoms with Crippen LogP contribution < -0.4 is 10.1 Å². The first kappa shape index (κ1) is 24.1. The van der Waals surface area contributed by atoms with Gasteiger partial charge in [0, 0.05) is 4.88 Å². The number of hydrogen-bond acceptors (Lipinski definition) is 6. The lowest BCUT2D eigenvalue weighted by Crippen LogP contribution is -2.15. The monoisotopic (exact) mass is 481 g/mol. The van der Waals surface area contributed by atoms with Gasteiger partial charge in [-0.1, -0.05) is 32.4 Å². The van der Waals surface area contributed by atoms with Crippen LogP contribution >= 0.6 is 11.3 Å². The predicted octanol–water partition coefficient (Wildman–Crippen LogP) is 6.57. The zero-order valence-electron chi connectivity index (χ0n) is 19.8. The quantitative estimate of drug-likeness (QED) is 0.331. The van der Waals surface area contributed by atoms with Crippen molar-refractivity contribution in [2.24, 2.45) is 0 Å². The fourth-order valence-electron chi connectivity index (χ4n) is 4.07. The van der Waals surface area contributed by atoms with Crippen LogP contribution in [0.3, 0.4) is 0 Å². The maximum Gasteiger partial charge on any atom is 0.341 e. The van der Waals surface area contributed by atoms with Crippen LogP contribution in [0.4, 0.5) is 5.00 Å². The van der Waals surface area contributed by atoms with E-state index in [0.717, 1.165) is 61.1 Å². The van der Waals surface area contributed by atoms with E-state index in [-0.39, 0.29) is 18.3 Å². The van der Waals surface area contributed by atoms with Crippen LogP contribution in [0.1, 0.15) is 82.2 Å². The molecule has 1 aromatic carbocycles. The van der Waals surface area contributed by atoms with Crippen LogP contribution in [-0.4, -0.2) is 18.5 Å². The Morgan fingerprint density at radius 1 is 1.03 bits per heavy atom. The van der Waals surface area contributed by atoms with Gasteiger partial charge in [-0.15, -0.1) is 11.3 Å². The second kappa shape index (κ2) is 11.4. The number of ether oxygens (including phenoxy) is 2. The molecule has 1 aliphatic rings. The van der Waals surface area contributed by atoms with E-state index in [0.29, 0.717) is 22.9 Å². The molecule has 34 heavy (non-hydrogen) atoms. The number of nitrogens with one attached hydrogen (secondary N) is 1. The Morgan fingerprint density at radius 2 is 1.82 bits per heavy atom. The largest absolute Gasteiger partial charge is 0.486 e. The van der Waals surface area contributed by atoms with Crippen LogP contribution in [0.15, 0.2) is 40.8 Å². The lowest BCUT2D eigenvalue weighted by Gasteiger charge is -2.12. The number of hydrogen-bond donors (Lipinski definition) is 1. The highest BCUT2D eigenvalue weighted by atomic mass is 32.1. The zero-order chi connectivity index (χ0) is 23.9. The van der Waals surface area contributed by atoms with Crippen LogP contribution in [0.2, 0.25) is 0 Å². The summed E-state index contributed by atoms with van der Waals surface area (Å²) in [5, 5.41) is 3.43. The maximum absolute atomic E-state index is 12.9. The molecule has 0 radical (unpaired) electrons. The summed E-state index contributed by atoms with van der Waals surface area (Å²) in [5.74, 6) is 0.724. The van der Waals surface area contributed by atoms with Crippen molar-refractivity contribution >= 4 is 28.2 Å². The van der Waals surface area contributed by atoms with Crippen molar-refractivity contribution in [2.75, 3.05) is 11.9 Å². The molecule has 180 valence electrons. The molecule has 4 rings (SSSR count). The molecule has 1 amide bonds. The number of thiophene rings is 1. The Balaban J connectivity index is 1.42. The molecule has 3 aromatic rings. The van der Waals surface area contributed by atoms with Crippen molar-refractivity contribution in [1.82, 2.24) is 0 Å². The topological polar surface area (TPSA) is 77.8 Å². The van der Waals surface area contributed by atoms with E-state index in [4.69, 9.17) is 13.9 Å². The molecule has 0 unspecified atom stereocenters. The van der Waals surface area contributed by atoms with Gasteiger partial charge in [-0.25, -0.2) is 4.79 Å². The second-order valence-corrected chi connectivity index (χ2v) is 9.56. The first-order valence-corrected chi connectivity index (χ1v) is 12.8.